The highest BCUT2D eigenvalue weighted by Gasteiger charge is 2.06. The number of ether oxygens (including phenoxy) is 1. The van der Waals surface area contributed by atoms with Crippen molar-refractivity contribution in [3.63, 3.8) is 0 Å². The van der Waals surface area contributed by atoms with Crippen molar-refractivity contribution in [3.05, 3.63) is 89.5 Å². The lowest BCUT2D eigenvalue weighted by atomic mass is 10.0. The molecule has 0 heterocycles. The van der Waals surface area contributed by atoms with Crippen LogP contribution in [0, 0.1) is 0 Å². The highest BCUT2D eigenvalue weighted by atomic mass is 35.5. The molecule has 3 aromatic rings. The number of hydrogen-bond donors (Lipinski definition) is 1. The lowest BCUT2D eigenvalue weighted by molar-refractivity contribution is 0.363. The van der Waals surface area contributed by atoms with Crippen LogP contribution in [0.15, 0.2) is 78.4 Å². The van der Waals surface area contributed by atoms with E-state index >= 15 is 0 Å². The number of rotatable bonds is 7. The molecular formula is C21H19ClN2O. The maximum atomic E-state index is 6.16. The first kappa shape index (κ1) is 17.1. The summed E-state index contributed by atoms with van der Waals surface area (Å²) in [5.41, 5.74) is 4.99. The third-order valence-electron chi connectivity index (χ3n) is 3.80. The average Bonchev–Trinajstić information content (AvgIpc) is 2.65. The molecule has 0 saturated carbocycles. The third-order valence-corrected chi connectivity index (χ3v) is 4.17. The first-order chi connectivity index (χ1) is 12.3. The number of hydrazone groups is 1. The van der Waals surface area contributed by atoms with Gasteiger partial charge < -0.3 is 10.2 Å². The van der Waals surface area contributed by atoms with E-state index in [0.717, 1.165) is 32.7 Å². The summed E-state index contributed by atoms with van der Waals surface area (Å²) in [7, 11) is 0. The maximum absolute atomic E-state index is 6.16. The Morgan fingerprint density at radius 3 is 2.68 bits per heavy atom. The number of nitrogens with zero attached hydrogens (tertiary/aromatic N) is 1. The second-order valence-corrected chi connectivity index (χ2v) is 5.89. The van der Waals surface area contributed by atoms with E-state index in [1.807, 2.05) is 48.5 Å². The van der Waals surface area contributed by atoms with E-state index in [1.165, 1.54) is 0 Å². The van der Waals surface area contributed by atoms with Crippen LogP contribution >= 0.6 is 11.6 Å². The molecule has 0 aliphatic heterocycles. The lowest BCUT2D eigenvalue weighted by Crippen LogP contribution is -2.06. The maximum Gasteiger partial charge on any atom is 0.129 e. The smallest absolute Gasteiger partial charge is 0.129 e. The molecule has 0 aliphatic carbocycles. The summed E-state index contributed by atoms with van der Waals surface area (Å²) < 4.78 is 5.77. The van der Waals surface area contributed by atoms with Gasteiger partial charge in [-0.05, 0) is 28.5 Å². The molecule has 4 heteroatoms. The van der Waals surface area contributed by atoms with Gasteiger partial charge in [-0.25, -0.2) is 0 Å². The summed E-state index contributed by atoms with van der Waals surface area (Å²) in [6.45, 7) is 4.71. The van der Waals surface area contributed by atoms with Gasteiger partial charge in [0.15, 0.2) is 0 Å². The number of hydrogen-bond acceptors (Lipinski definition) is 3. The first-order valence-corrected chi connectivity index (χ1v) is 8.42. The van der Waals surface area contributed by atoms with E-state index in [0.29, 0.717) is 13.2 Å². The number of nitrogens with one attached hydrogen (secondary N) is 1. The minimum Gasteiger partial charge on any atom is -0.489 e. The van der Waals surface area contributed by atoms with E-state index in [1.54, 1.807) is 12.3 Å². The van der Waals surface area contributed by atoms with E-state index < -0.39 is 0 Å². The average molecular weight is 351 g/mol. The highest BCUT2D eigenvalue weighted by Crippen LogP contribution is 2.26. The van der Waals surface area contributed by atoms with Crippen molar-refractivity contribution in [1.82, 2.24) is 5.43 Å². The van der Waals surface area contributed by atoms with Gasteiger partial charge in [0, 0.05) is 10.6 Å². The van der Waals surface area contributed by atoms with Gasteiger partial charge in [0.2, 0.25) is 0 Å². The van der Waals surface area contributed by atoms with E-state index in [-0.39, 0.29) is 0 Å². The summed E-state index contributed by atoms with van der Waals surface area (Å²) in [5.74, 6) is 0.780. The van der Waals surface area contributed by atoms with Crippen LogP contribution in [0.4, 0.5) is 0 Å². The van der Waals surface area contributed by atoms with Crippen LogP contribution in [0.5, 0.6) is 5.75 Å². The van der Waals surface area contributed by atoms with Crippen LogP contribution < -0.4 is 10.2 Å². The van der Waals surface area contributed by atoms with Crippen LogP contribution in [-0.2, 0) is 6.54 Å². The summed E-state index contributed by atoms with van der Waals surface area (Å²) in [6, 6.07) is 19.9. The second kappa shape index (κ2) is 8.36. The lowest BCUT2D eigenvalue weighted by Gasteiger charge is -2.10. The Kier molecular flexibility index (Phi) is 5.70. The van der Waals surface area contributed by atoms with Crippen molar-refractivity contribution in [2.24, 2.45) is 5.10 Å². The van der Waals surface area contributed by atoms with Gasteiger partial charge in [0.1, 0.15) is 12.4 Å². The standard InChI is InChI=1S/C21H19ClN2O/c1-2-13-25-21-12-11-16-7-3-5-9-18(16)19(21)15-24-23-14-17-8-4-6-10-20(17)22/h2-12,15,23H,1,13-14H2/b24-15-. The Balaban J connectivity index is 1.83. The van der Waals surface area contributed by atoms with Crippen LogP contribution in [0.3, 0.4) is 0 Å². The quantitative estimate of drug-likeness (QED) is 0.362. The SMILES string of the molecule is C=CCOc1ccc2ccccc2c1/C=N\NCc1ccccc1Cl. The Hall–Kier alpha value is -2.78. The Bertz CT molecular complexity index is 905. The van der Waals surface area contributed by atoms with Crippen molar-refractivity contribution in [2.75, 3.05) is 6.61 Å². The van der Waals surface area contributed by atoms with Crippen molar-refractivity contribution in [1.29, 1.82) is 0 Å². The fourth-order valence-electron chi connectivity index (χ4n) is 2.57. The molecule has 0 spiro atoms. The second-order valence-electron chi connectivity index (χ2n) is 5.48. The van der Waals surface area contributed by atoms with Crippen LogP contribution in [-0.4, -0.2) is 12.8 Å². The summed E-state index contributed by atoms with van der Waals surface area (Å²) in [6.07, 6.45) is 3.52. The van der Waals surface area contributed by atoms with Gasteiger partial charge in [-0.2, -0.15) is 5.10 Å². The highest BCUT2D eigenvalue weighted by molar-refractivity contribution is 6.31. The molecule has 126 valence electrons. The number of halogens is 1. The fraction of sp³-hybridized carbons (Fsp3) is 0.0952. The minimum absolute atomic E-state index is 0.451. The van der Waals surface area contributed by atoms with Gasteiger partial charge in [0.05, 0.1) is 12.8 Å². The molecule has 0 aromatic heterocycles. The zero-order chi connectivity index (χ0) is 17.5. The molecule has 3 aromatic carbocycles. The molecule has 0 amide bonds. The van der Waals surface area contributed by atoms with E-state index in [4.69, 9.17) is 16.3 Å². The van der Waals surface area contributed by atoms with Crippen molar-refractivity contribution in [2.45, 2.75) is 6.54 Å². The molecule has 3 nitrogen and oxygen atoms in total. The van der Waals surface area contributed by atoms with Gasteiger partial charge >= 0.3 is 0 Å². The van der Waals surface area contributed by atoms with Crippen LogP contribution in [0.25, 0.3) is 10.8 Å². The predicted molar refractivity (Wildman–Crippen MR) is 106 cm³/mol. The molecule has 0 atom stereocenters. The number of benzene rings is 3. The minimum atomic E-state index is 0.451. The largest absolute Gasteiger partial charge is 0.489 e. The first-order valence-electron chi connectivity index (χ1n) is 8.04. The molecule has 3 rings (SSSR count). The topological polar surface area (TPSA) is 33.6 Å². The third kappa shape index (κ3) is 4.20. The van der Waals surface area contributed by atoms with Gasteiger partial charge in [-0.3, -0.25) is 0 Å². The zero-order valence-corrected chi connectivity index (χ0v) is 14.5. The molecule has 0 bridgehead atoms. The predicted octanol–water partition coefficient (Wildman–Crippen LogP) is 5.18. The zero-order valence-electron chi connectivity index (χ0n) is 13.8. The van der Waals surface area contributed by atoms with Gasteiger partial charge in [-0.1, -0.05) is 72.8 Å². The Morgan fingerprint density at radius 1 is 1.04 bits per heavy atom. The normalized spacial score (nSPS) is 10.9. The van der Waals surface area contributed by atoms with Crippen molar-refractivity contribution < 1.29 is 4.74 Å². The molecule has 0 unspecified atom stereocenters. The Labute approximate surface area is 152 Å². The summed E-state index contributed by atoms with van der Waals surface area (Å²) >= 11 is 6.16. The molecule has 0 aliphatic rings. The summed E-state index contributed by atoms with van der Waals surface area (Å²) in [4.78, 5) is 0. The molecule has 25 heavy (non-hydrogen) atoms. The van der Waals surface area contributed by atoms with Gasteiger partial charge in [-0.15, -0.1) is 0 Å². The Morgan fingerprint density at radius 2 is 1.84 bits per heavy atom. The van der Waals surface area contributed by atoms with Crippen molar-refractivity contribution in [3.8, 4) is 5.75 Å². The molecule has 0 radical (unpaired) electrons. The van der Waals surface area contributed by atoms with E-state index in [9.17, 15) is 0 Å². The van der Waals surface area contributed by atoms with Crippen LogP contribution in [0.1, 0.15) is 11.1 Å². The molecular weight excluding hydrogens is 332 g/mol. The fourth-order valence-corrected chi connectivity index (χ4v) is 2.77. The van der Waals surface area contributed by atoms with E-state index in [2.05, 4.69) is 29.2 Å². The molecule has 0 fully saturated rings. The monoisotopic (exact) mass is 350 g/mol. The molecule has 0 saturated heterocycles. The molecule has 1 N–H and O–H groups in total. The van der Waals surface area contributed by atoms with Crippen molar-refractivity contribution >= 4 is 28.6 Å². The summed E-state index contributed by atoms with van der Waals surface area (Å²) in [5, 5.41) is 7.31. The van der Waals surface area contributed by atoms with Gasteiger partial charge in [0.25, 0.3) is 0 Å². The van der Waals surface area contributed by atoms with Crippen LogP contribution in [0.2, 0.25) is 5.02 Å². The number of fused-ring (bicyclic) bond motifs is 1.